The molecule has 0 spiro atoms. The molecule has 2 heterocycles. The quantitative estimate of drug-likeness (QED) is 0.665. The van der Waals surface area contributed by atoms with Crippen molar-refractivity contribution in [3.63, 3.8) is 0 Å². The van der Waals surface area contributed by atoms with Gasteiger partial charge in [0.15, 0.2) is 0 Å². The van der Waals surface area contributed by atoms with Gasteiger partial charge in [-0.1, -0.05) is 6.07 Å². The molecule has 1 saturated heterocycles. The Hall–Kier alpha value is -1.12. The average molecular weight is 436 g/mol. The molecule has 5 atom stereocenters. The molecule has 0 radical (unpaired) electrons. The van der Waals surface area contributed by atoms with E-state index in [0.717, 1.165) is 23.6 Å². The summed E-state index contributed by atoms with van der Waals surface area (Å²) in [4.78, 5) is 5.75. The number of thiazole rings is 1. The molecule has 1 aliphatic carbocycles. The lowest BCUT2D eigenvalue weighted by Gasteiger charge is -2.40. The highest BCUT2D eigenvalue weighted by molar-refractivity contribution is 7.98. The molecule has 1 aromatic heterocycles. The van der Waals surface area contributed by atoms with Crippen LogP contribution in [0.3, 0.4) is 0 Å². The summed E-state index contributed by atoms with van der Waals surface area (Å²) in [5.41, 5.74) is 1.49. The van der Waals surface area contributed by atoms with Gasteiger partial charge in [-0.15, -0.1) is 23.1 Å². The molecule has 1 aromatic carbocycles. The van der Waals surface area contributed by atoms with Crippen LogP contribution in [0.25, 0.3) is 0 Å². The average Bonchev–Trinajstić information content (AvgIpc) is 3.31. The second-order valence-corrected chi connectivity index (χ2v) is 10.0. The maximum Gasteiger partial charge on any atom is 0.125 e. The zero-order valence-electron chi connectivity index (χ0n) is 17.1. The first-order valence-electron chi connectivity index (χ1n) is 10.1. The van der Waals surface area contributed by atoms with Crippen LogP contribution in [0.2, 0.25) is 0 Å². The number of hydrogen-bond acceptors (Lipinski definition) is 7. The van der Waals surface area contributed by atoms with Crippen molar-refractivity contribution < 1.29 is 19.7 Å². The van der Waals surface area contributed by atoms with E-state index < -0.39 is 11.7 Å². The number of aliphatic hydroxyl groups excluding tert-OH is 2. The first kappa shape index (κ1) is 21.1. The molecule has 2 aromatic rings. The van der Waals surface area contributed by atoms with E-state index in [1.165, 1.54) is 10.5 Å². The third-order valence-electron chi connectivity index (χ3n) is 6.35. The largest absolute Gasteiger partial charge is 0.493 e. The molecule has 5 nitrogen and oxygen atoms in total. The van der Waals surface area contributed by atoms with Gasteiger partial charge in [-0.05, 0) is 56.6 Å². The molecule has 2 fully saturated rings. The molecule has 29 heavy (non-hydrogen) atoms. The standard InChI is InChI=1S/C22H29NO4S2/c1-13-4-5-15(8-20(13)28-3)26-11-17-16-6-7-22(2,27-19(16)9-18(17)25)21-23-14(10-24)12-29-21/h4-5,8,12,16-19,24-25H,6-7,9-11H2,1-3H3/t16-,17-,18-,19+,22-/m1/s1. The summed E-state index contributed by atoms with van der Waals surface area (Å²) in [5.74, 6) is 1.23. The summed E-state index contributed by atoms with van der Waals surface area (Å²) in [6.45, 7) is 4.64. The summed E-state index contributed by atoms with van der Waals surface area (Å²) < 4.78 is 12.6. The van der Waals surface area contributed by atoms with E-state index in [9.17, 15) is 10.2 Å². The van der Waals surface area contributed by atoms with Gasteiger partial charge in [0.05, 0.1) is 31.1 Å². The summed E-state index contributed by atoms with van der Waals surface area (Å²) in [6.07, 6.45) is 4.14. The van der Waals surface area contributed by atoms with Gasteiger partial charge in [0.25, 0.3) is 0 Å². The highest BCUT2D eigenvalue weighted by Crippen LogP contribution is 2.48. The normalized spacial score (nSPS) is 31.6. The van der Waals surface area contributed by atoms with Crippen molar-refractivity contribution in [1.29, 1.82) is 0 Å². The molecule has 1 saturated carbocycles. The molecule has 2 aliphatic rings. The van der Waals surface area contributed by atoms with Crippen LogP contribution >= 0.6 is 23.1 Å². The van der Waals surface area contributed by atoms with Crippen molar-refractivity contribution >= 4 is 23.1 Å². The lowest BCUT2D eigenvalue weighted by molar-refractivity contribution is -0.145. The number of aliphatic hydroxyl groups is 2. The van der Waals surface area contributed by atoms with Crippen LogP contribution in [0.5, 0.6) is 5.75 Å². The topological polar surface area (TPSA) is 71.8 Å². The zero-order chi connectivity index (χ0) is 20.6. The molecular weight excluding hydrogens is 406 g/mol. The van der Waals surface area contributed by atoms with Crippen molar-refractivity contribution in [3.8, 4) is 5.75 Å². The molecule has 158 valence electrons. The Balaban J connectivity index is 1.42. The van der Waals surface area contributed by atoms with E-state index >= 15 is 0 Å². The number of fused-ring (bicyclic) bond motifs is 1. The van der Waals surface area contributed by atoms with Crippen LogP contribution in [-0.2, 0) is 16.9 Å². The maximum absolute atomic E-state index is 10.7. The molecular formula is C22H29NO4S2. The van der Waals surface area contributed by atoms with Gasteiger partial charge in [0, 0.05) is 22.6 Å². The number of nitrogens with zero attached hydrogens (tertiary/aromatic N) is 1. The van der Waals surface area contributed by atoms with Crippen LogP contribution in [0, 0.1) is 18.8 Å². The Bertz CT molecular complexity index is 857. The summed E-state index contributed by atoms with van der Waals surface area (Å²) in [6, 6.07) is 6.16. The molecule has 0 bridgehead atoms. The van der Waals surface area contributed by atoms with E-state index in [2.05, 4.69) is 37.2 Å². The van der Waals surface area contributed by atoms with Gasteiger partial charge in [0.2, 0.25) is 0 Å². The Labute approximate surface area is 180 Å². The van der Waals surface area contributed by atoms with Gasteiger partial charge >= 0.3 is 0 Å². The minimum absolute atomic E-state index is 0.0126. The number of hydrogen-bond donors (Lipinski definition) is 2. The fourth-order valence-electron chi connectivity index (χ4n) is 4.62. The molecule has 7 heteroatoms. The Morgan fingerprint density at radius 3 is 2.97 bits per heavy atom. The van der Waals surface area contributed by atoms with E-state index in [-0.39, 0.29) is 18.6 Å². The molecule has 0 amide bonds. The number of aryl methyl sites for hydroxylation is 1. The highest BCUT2D eigenvalue weighted by atomic mass is 32.2. The second-order valence-electron chi connectivity index (χ2n) is 8.30. The van der Waals surface area contributed by atoms with Gasteiger partial charge in [-0.25, -0.2) is 4.98 Å². The summed E-state index contributed by atoms with van der Waals surface area (Å²) in [5, 5.41) is 22.8. The predicted octanol–water partition coefficient (Wildman–Crippen LogP) is 4.14. The van der Waals surface area contributed by atoms with E-state index in [4.69, 9.17) is 9.47 Å². The number of rotatable bonds is 6. The first-order valence-corrected chi connectivity index (χ1v) is 12.2. The highest BCUT2D eigenvalue weighted by Gasteiger charge is 2.50. The van der Waals surface area contributed by atoms with Crippen molar-refractivity contribution in [3.05, 3.63) is 39.8 Å². The first-order chi connectivity index (χ1) is 13.9. The Morgan fingerprint density at radius 2 is 2.24 bits per heavy atom. The number of ether oxygens (including phenoxy) is 2. The monoisotopic (exact) mass is 435 g/mol. The van der Waals surface area contributed by atoms with E-state index in [0.29, 0.717) is 24.6 Å². The number of thioether (sulfide) groups is 1. The fraction of sp³-hybridized carbons (Fsp3) is 0.591. The molecule has 2 N–H and O–H groups in total. The third kappa shape index (κ3) is 4.21. The van der Waals surface area contributed by atoms with Gasteiger partial charge in [-0.3, -0.25) is 0 Å². The SMILES string of the molecule is CSc1cc(OC[C@@H]2[C@H]3CC[C@](C)(c4nc(CO)cs4)O[C@H]3C[C@H]2O)ccc1C. The van der Waals surface area contributed by atoms with Crippen molar-refractivity contribution in [2.75, 3.05) is 12.9 Å². The van der Waals surface area contributed by atoms with E-state index in [1.54, 1.807) is 23.1 Å². The molecule has 4 rings (SSSR count). The second kappa shape index (κ2) is 8.55. The summed E-state index contributed by atoms with van der Waals surface area (Å²) in [7, 11) is 0. The predicted molar refractivity (Wildman–Crippen MR) is 116 cm³/mol. The lowest BCUT2D eigenvalue weighted by Crippen LogP contribution is -2.41. The third-order valence-corrected chi connectivity index (χ3v) is 8.37. The van der Waals surface area contributed by atoms with Crippen LogP contribution in [0.15, 0.2) is 28.5 Å². The number of benzene rings is 1. The summed E-state index contributed by atoms with van der Waals surface area (Å²) >= 11 is 3.26. The maximum atomic E-state index is 10.7. The Morgan fingerprint density at radius 1 is 1.41 bits per heavy atom. The van der Waals surface area contributed by atoms with Gasteiger partial charge in [0.1, 0.15) is 16.4 Å². The van der Waals surface area contributed by atoms with Gasteiger partial charge in [-0.2, -0.15) is 0 Å². The zero-order valence-corrected chi connectivity index (χ0v) is 18.8. The lowest BCUT2D eigenvalue weighted by atomic mass is 9.83. The van der Waals surface area contributed by atoms with Crippen LogP contribution in [0.4, 0.5) is 0 Å². The van der Waals surface area contributed by atoms with E-state index in [1.807, 2.05) is 11.4 Å². The van der Waals surface area contributed by atoms with Crippen molar-refractivity contribution in [1.82, 2.24) is 4.98 Å². The van der Waals surface area contributed by atoms with Crippen LogP contribution in [0.1, 0.15) is 42.5 Å². The number of aromatic nitrogens is 1. The minimum atomic E-state index is -0.446. The molecule has 1 aliphatic heterocycles. The van der Waals surface area contributed by atoms with Crippen molar-refractivity contribution in [2.45, 2.75) is 62.4 Å². The van der Waals surface area contributed by atoms with Gasteiger partial charge < -0.3 is 19.7 Å². The minimum Gasteiger partial charge on any atom is -0.493 e. The Kier molecular flexibility index (Phi) is 6.23. The van der Waals surface area contributed by atoms with Crippen molar-refractivity contribution in [2.24, 2.45) is 11.8 Å². The fourth-order valence-corrected chi connectivity index (χ4v) is 6.18. The van der Waals surface area contributed by atoms with Crippen LogP contribution < -0.4 is 4.74 Å². The molecule has 0 unspecified atom stereocenters. The van der Waals surface area contributed by atoms with Crippen LogP contribution in [-0.4, -0.2) is 40.3 Å². The smallest absolute Gasteiger partial charge is 0.125 e.